The lowest BCUT2D eigenvalue weighted by molar-refractivity contribution is 0.102. The first-order valence-electron chi connectivity index (χ1n) is 7.03. The molecule has 0 aliphatic carbocycles. The van der Waals surface area contributed by atoms with Gasteiger partial charge in [0.15, 0.2) is 10.9 Å². The van der Waals surface area contributed by atoms with Gasteiger partial charge in [-0.2, -0.15) is 0 Å². The molecule has 0 saturated carbocycles. The van der Waals surface area contributed by atoms with Gasteiger partial charge in [-0.25, -0.2) is 4.98 Å². The Kier molecular flexibility index (Phi) is 4.39. The van der Waals surface area contributed by atoms with Crippen LogP contribution in [0.3, 0.4) is 0 Å². The zero-order chi connectivity index (χ0) is 15.4. The second kappa shape index (κ2) is 6.62. The fourth-order valence-corrected chi connectivity index (χ4v) is 3.01. The Hall–Kier alpha value is -2.33. The van der Waals surface area contributed by atoms with Crippen LogP contribution >= 0.6 is 11.8 Å². The van der Waals surface area contributed by atoms with Gasteiger partial charge in [0.05, 0.1) is 5.75 Å². The summed E-state index contributed by atoms with van der Waals surface area (Å²) >= 11 is 1.46. The SMILES string of the molecule is Cn1ccnc1SCC(=O)c1ccc(-c2ccccc2)cc1. The van der Waals surface area contributed by atoms with E-state index in [9.17, 15) is 4.79 Å². The maximum absolute atomic E-state index is 12.2. The first-order chi connectivity index (χ1) is 10.7. The quantitative estimate of drug-likeness (QED) is 0.526. The van der Waals surface area contributed by atoms with Gasteiger partial charge in [0.2, 0.25) is 0 Å². The standard InChI is InChI=1S/C18H16N2OS/c1-20-12-11-19-18(20)22-13-17(21)16-9-7-15(8-10-16)14-5-3-2-4-6-14/h2-12H,13H2,1H3. The Balaban J connectivity index is 1.67. The molecule has 2 aromatic carbocycles. The highest BCUT2D eigenvalue weighted by Gasteiger charge is 2.09. The minimum atomic E-state index is 0.118. The molecule has 3 rings (SSSR count). The maximum Gasteiger partial charge on any atom is 0.173 e. The normalized spacial score (nSPS) is 10.6. The van der Waals surface area contributed by atoms with Crippen molar-refractivity contribution in [2.75, 3.05) is 5.75 Å². The second-order valence-electron chi connectivity index (χ2n) is 4.98. The van der Waals surface area contributed by atoms with Crippen LogP contribution in [0.5, 0.6) is 0 Å². The Morgan fingerprint density at radius 1 is 1.05 bits per heavy atom. The summed E-state index contributed by atoms with van der Waals surface area (Å²) < 4.78 is 1.91. The molecule has 3 nitrogen and oxygen atoms in total. The predicted octanol–water partition coefficient (Wildman–Crippen LogP) is 4.06. The van der Waals surface area contributed by atoms with Gasteiger partial charge in [0.1, 0.15) is 0 Å². The van der Waals surface area contributed by atoms with Crippen molar-refractivity contribution in [1.29, 1.82) is 0 Å². The number of rotatable bonds is 5. The van der Waals surface area contributed by atoms with Crippen molar-refractivity contribution >= 4 is 17.5 Å². The van der Waals surface area contributed by atoms with Crippen LogP contribution < -0.4 is 0 Å². The smallest absolute Gasteiger partial charge is 0.173 e. The number of aryl methyl sites for hydroxylation is 1. The van der Waals surface area contributed by atoms with E-state index in [1.54, 1.807) is 6.20 Å². The summed E-state index contributed by atoms with van der Waals surface area (Å²) in [7, 11) is 1.93. The highest BCUT2D eigenvalue weighted by molar-refractivity contribution is 7.99. The molecule has 0 aliphatic heterocycles. The van der Waals surface area contributed by atoms with Gasteiger partial charge in [-0.3, -0.25) is 4.79 Å². The Morgan fingerprint density at radius 2 is 1.73 bits per heavy atom. The molecule has 0 spiro atoms. The zero-order valence-corrected chi connectivity index (χ0v) is 13.1. The average molecular weight is 308 g/mol. The van der Waals surface area contributed by atoms with Gasteiger partial charge in [0.25, 0.3) is 0 Å². The van der Waals surface area contributed by atoms with Crippen LogP contribution in [0.4, 0.5) is 0 Å². The van der Waals surface area contributed by atoms with Gasteiger partial charge in [-0.1, -0.05) is 66.4 Å². The molecule has 0 saturated heterocycles. The van der Waals surface area contributed by atoms with Crippen LogP contribution in [0.15, 0.2) is 72.1 Å². The largest absolute Gasteiger partial charge is 0.329 e. The fourth-order valence-electron chi connectivity index (χ4n) is 2.18. The second-order valence-corrected chi connectivity index (χ2v) is 5.92. The van der Waals surface area contributed by atoms with Crippen LogP contribution in [0.25, 0.3) is 11.1 Å². The summed E-state index contributed by atoms with van der Waals surface area (Å²) in [5, 5.41) is 0.856. The topological polar surface area (TPSA) is 34.9 Å². The summed E-state index contributed by atoms with van der Waals surface area (Å²) in [6.45, 7) is 0. The Labute approximate surface area is 134 Å². The molecule has 0 unspecified atom stereocenters. The van der Waals surface area contributed by atoms with Crippen molar-refractivity contribution in [1.82, 2.24) is 9.55 Å². The van der Waals surface area contributed by atoms with E-state index < -0.39 is 0 Å². The number of hydrogen-bond donors (Lipinski definition) is 0. The van der Waals surface area contributed by atoms with E-state index in [4.69, 9.17) is 0 Å². The fraction of sp³-hybridized carbons (Fsp3) is 0.111. The summed E-state index contributed by atoms with van der Waals surface area (Å²) in [6.07, 6.45) is 3.61. The van der Waals surface area contributed by atoms with Crippen molar-refractivity contribution in [3.05, 3.63) is 72.6 Å². The third-order valence-electron chi connectivity index (χ3n) is 3.42. The van der Waals surface area contributed by atoms with E-state index in [1.165, 1.54) is 11.8 Å². The number of aromatic nitrogens is 2. The van der Waals surface area contributed by atoms with E-state index in [0.29, 0.717) is 5.75 Å². The van der Waals surface area contributed by atoms with Gasteiger partial charge in [0, 0.05) is 25.0 Å². The molecule has 1 aromatic heterocycles. The molecule has 0 N–H and O–H groups in total. The molecule has 3 aromatic rings. The number of Topliss-reactive ketones (excluding diaryl/α,β-unsaturated/α-hetero) is 1. The highest BCUT2D eigenvalue weighted by Crippen LogP contribution is 2.21. The molecule has 0 bridgehead atoms. The first-order valence-corrected chi connectivity index (χ1v) is 8.01. The summed E-state index contributed by atoms with van der Waals surface area (Å²) in [6, 6.07) is 17.9. The summed E-state index contributed by atoms with van der Waals surface area (Å²) in [5.74, 6) is 0.517. The molecule has 0 aliphatic rings. The molecular formula is C18H16N2OS. The number of thioether (sulfide) groups is 1. The van der Waals surface area contributed by atoms with E-state index in [2.05, 4.69) is 17.1 Å². The lowest BCUT2D eigenvalue weighted by Crippen LogP contribution is -2.03. The number of ketones is 1. The number of hydrogen-bond acceptors (Lipinski definition) is 3. The van der Waals surface area contributed by atoms with Crippen molar-refractivity contribution in [3.8, 4) is 11.1 Å². The molecule has 0 amide bonds. The third-order valence-corrected chi connectivity index (χ3v) is 4.48. The van der Waals surface area contributed by atoms with Gasteiger partial charge < -0.3 is 4.57 Å². The van der Waals surface area contributed by atoms with Crippen molar-refractivity contribution < 1.29 is 4.79 Å². The molecule has 0 fully saturated rings. The van der Waals surface area contributed by atoms with E-state index in [1.807, 2.05) is 60.3 Å². The van der Waals surface area contributed by atoms with Crippen LogP contribution in [-0.4, -0.2) is 21.1 Å². The molecule has 4 heteroatoms. The van der Waals surface area contributed by atoms with Gasteiger partial charge >= 0.3 is 0 Å². The number of carbonyl (C=O) groups excluding carboxylic acids is 1. The number of benzene rings is 2. The lowest BCUT2D eigenvalue weighted by atomic mass is 10.0. The zero-order valence-electron chi connectivity index (χ0n) is 12.3. The lowest BCUT2D eigenvalue weighted by Gasteiger charge is -2.04. The molecule has 110 valence electrons. The number of imidazole rings is 1. The Morgan fingerprint density at radius 3 is 2.36 bits per heavy atom. The summed E-state index contributed by atoms with van der Waals surface area (Å²) in [5.41, 5.74) is 3.01. The molecule has 0 atom stereocenters. The minimum absolute atomic E-state index is 0.118. The molecule has 1 heterocycles. The van der Waals surface area contributed by atoms with Gasteiger partial charge in [-0.15, -0.1) is 0 Å². The monoisotopic (exact) mass is 308 g/mol. The van der Waals surface area contributed by atoms with Crippen LogP contribution in [0.1, 0.15) is 10.4 Å². The molecular weight excluding hydrogens is 292 g/mol. The molecule has 0 radical (unpaired) electrons. The summed E-state index contributed by atoms with van der Waals surface area (Å²) in [4.78, 5) is 16.4. The number of nitrogens with zero attached hydrogens (tertiary/aromatic N) is 2. The number of carbonyl (C=O) groups is 1. The predicted molar refractivity (Wildman–Crippen MR) is 90.1 cm³/mol. The third kappa shape index (κ3) is 3.28. The Bertz CT molecular complexity index is 763. The van der Waals surface area contributed by atoms with Crippen molar-refractivity contribution in [2.24, 2.45) is 7.05 Å². The highest BCUT2D eigenvalue weighted by atomic mass is 32.2. The van der Waals surface area contributed by atoms with E-state index >= 15 is 0 Å². The van der Waals surface area contributed by atoms with E-state index in [0.717, 1.165) is 21.8 Å². The van der Waals surface area contributed by atoms with Crippen molar-refractivity contribution in [3.63, 3.8) is 0 Å². The maximum atomic E-state index is 12.2. The molecule has 22 heavy (non-hydrogen) atoms. The van der Waals surface area contributed by atoms with Gasteiger partial charge in [-0.05, 0) is 11.1 Å². The van der Waals surface area contributed by atoms with Crippen LogP contribution in [0, 0.1) is 0 Å². The minimum Gasteiger partial charge on any atom is -0.329 e. The van der Waals surface area contributed by atoms with Crippen LogP contribution in [0.2, 0.25) is 0 Å². The van der Waals surface area contributed by atoms with Crippen molar-refractivity contribution in [2.45, 2.75) is 5.16 Å². The van der Waals surface area contributed by atoms with Crippen LogP contribution in [-0.2, 0) is 7.05 Å². The van der Waals surface area contributed by atoms with E-state index in [-0.39, 0.29) is 5.78 Å². The first kappa shape index (κ1) is 14.6. The average Bonchev–Trinajstić information content (AvgIpc) is 2.99.